The molecular weight excluding hydrogens is 270 g/mol. The van der Waals surface area contributed by atoms with Crippen LogP contribution in [0.4, 0.5) is 0 Å². The molecule has 1 N–H and O–H groups in total. The van der Waals surface area contributed by atoms with Crippen molar-refractivity contribution in [1.29, 1.82) is 0 Å². The Labute approximate surface area is 120 Å². The molecule has 0 aromatic carbocycles. The van der Waals surface area contributed by atoms with Crippen LogP contribution in [-0.2, 0) is 6.54 Å². The zero-order valence-corrected chi connectivity index (χ0v) is 11.8. The van der Waals surface area contributed by atoms with Crippen molar-refractivity contribution in [2.75, 3.05) is 7.05 Å². The van der Waals surface area contributed by atoms with Gasteiger partial charge in [0.25, 0.3) is 11.3 Å². The van der Waals surface area contributed by atoms with Crippen LogP contribution in [-0.4, -0.2) is 41.5 Å². The largest absolute Gasteiger partial charge is 0.292 e. The lowest BCUT2D eigenvalue weighted by Crippen LogP contribution is -2.25. The Morgan fingerprint density at radius 1 is 1.43 bits per heavy atom. The molecule has 0 saturated heterocycles. The van der Waals surface area contributed by atoms with Crippen LogP contribution in [0, 0.1) is 0 Å². The summed E-state index contributed by atoms with van der Waals surface area (Å²) in [7, 11) is 1.96. The van der Waals surface area contributed by atoms with E-state index in [0.717, 1.165) is 5.69 Å². The van der Waals surface area contributed by atoms with Crippen LogP contribution in [0.2, 0.25) is 0 Å². The Morgan fingerprint density at radius 2 is 2.29 bits per heavy atom. The molecule has 8 nitrogen and oxygen atoms in total. The molecule has 0 bridgehead atoms. The summed E-state index contributed by atoms with van der Waals surface area (Å²) in [6, 6.07) is 3.47. The normalized spacial score (nSPS) is 12.9. The molecule has 0 aliphatic rings. The highest BCUT2D eigenvalue weighted by Gasteiger charge is 2.14. The fraction of sp³-hybridized carbons (Fsp3) is 0.308. The first-order valence-electron chi connectivity index (χ1n) is 6.53. The number of hydrogen-bond acceptors (Lipinski definition) is 6. The van der Waals surface area contributed by atoms with E-state index in [9.17, 15) is 4.79 Å². The van der Waals surface area contributed by atoms with Gasteiger partial charge in [0.2, 0.25) is 0 Å². The first-order chi connectivity index (χ1) is 10.1. The molecule has 3 aromatic rings. The van der Waals surface area contributed by atoms with Crippen molar-refractivity contribution in [2.24, 2.45) is 0 Å². The van der Waals surface area contributed by atoms with Crippen LogP contribution in [0.3, 0.4) is 0 Å². The summed E-state index contributed by atoms with van der Waals surface area (Å²) in [4.78, 5) is 30.5. The van der Waals surface area contributed by atoms with Crippen molar-refractivity contribution in [2.45, 2.75) is 19.5 Å². The number of fused-ring (bicyclic) bond motifs is 1. The molecule has 3 rings (SSSR count). The van der Waals surface area contributed by atoms with E-state index in [1.807, 2.05) is 20.0 Å². The fourth-order valence-corrected chi connectivity index (χ4v) is 2.12. The van der Waals surface area contributed by atoms with E-state index >= 15 is 0 Å². The van der Waals surface area contributed by atoms with Crippen LogP contribution < -0.4 is 5.56 Å². The standard InChI is InChI=1S/C13H15N7O/c1-9(11-3-4-14-7-15-11)19(2)6-10-5-12(21)20-13(18-10)16-8-17-20/h3-5,7-9H,6H2,1-2H3,(H,16,17,18)/t9-/m1/s1. The summed E-state index contributed by atoms with van der Waals surface area (Å²) in [6.45, 7) is 2.58. The van der Waals surface area contributed by atoms with Crippen molar-refractivity contribution >= 4 is 5.78 Å². The van der Waals surface area contributed by atoms with Crippen molar-refractivity contribution in [3.63, 3.8) is 0 Å². The SMILES string of the molecule is C[C@H](c1ccncn1)N(C)Cc1cc(=O)n2[nH]cnc2n1. The molecule has 0 aliphatic heterocycles. The number of aromatic nitrogens is 6. The minimum atomic E-state index is -0.171. The second-order valence-corrected chi connectivity index (χ2v) is 4.83. The lowest BCUT2D eigenvalue weighted by atomic mass is 10.2. The molecule has 1 atom stereocenters. The average Bonchev–Trinajstić information content (AvgIpc) is 2.96. The molecule has 8 heteroatoms. The third-order valence-corrected chi connectivity index (χ3v) is 3.43. The van der Waals surface area contributed by atoms with E-state index in [1.54, 1.807) is 6.20 Å². The van der Waals surface area contributed by atoms with E-state index < -0.39 is 0 Å². The molecule has 0 aliphatic carbocycles. The Balaban J connectivity index is 1.83. The van der Waals surface area contributed by atoms with Gasteiger partial charge >= 0.3 is 0 Å². The monoisotopic (exact) mass is 285 g/mol. The molecule has 0 radical (unpaired) electrons. The van der Waals surface area contributed by atoms with Crippen molar-refractivity contribution < 1.29 is 0 Å². The molecule has 0 unspecified atom stereocenters. The third-order valence-electron chi connectivity index (χ3n) is 3.43. The minimum absolute atomic E-state index is 0.0902. The topological polar surface area (TPSA) is 92.1 Å². The molecule has 3 aromatic heterocycles. The summed E-state index contributed by atoms with van der Waals surface area (Å²) < 4.78 is 1.30. The van der Waals surface area contributed by atoms with Gasteiger partial charge in [-0.2, -0.15) is 4.52 Å². The smallest absolute Gasteiger partial charge is 0.274 e. The molecule has 0 amide bonds. The van der Waals surface area contributed by atoms with Gasteiger partial charge < -0.3 is 0 Å². The molecule has 3 heterocycles. The highest BCUT2D eigenvalue weighted by Crippen LogP contribution is 2.17. The van der Waals surface area contributed by atoms with Gasteiger partial charge in [0.1, 0.15) is 12.7 Å². The fourth-order valence-electron chi connectivity index (χ4n) is 2.12. The quantitative estimate of drug-likeness (QED) is 0.746. The van der Waals surface area contributed by atoms with Gasteiger partial charge in [-0.15, -0.1) is 0 Å². The van der Waals surface area contributed by atoms with Crippen LogP contribution in [0.5, 0.6) is 0 Å². The van der Waals surface area contributed by atoms with Crippen LogP contribution in [0.1, 0.15) is 24.4 Å². The Morgan fingerprint density at radius 3 is 3.05 bits per heavy atom. The second-order valence-electron chi connectivity index (χ2n) is 4.83. The van der Waals surface area contributed by atoms with Gasteiger partial charge in [-0.1, -0.05) is 0 Å². The molecule has 0 saturated carbocycles. The summed E-state index contributed by atoms with van der Waals surface area (Å²) in [5.41, 5.74) is 1.43. The third kappa shape index (κ3) is 2.65. The lowest BCUT2D eigenvalue weighted by Gasteiger charge is -2.23. The molecule has 0 spiro atoms. The van der Waals surface area contributed by atoms with E-state index in [1.165, 1.54) is 23.2 Å². The predicted molar refractivity (Wildman–Crippen MR) is 75.5 cm³/mol. The van der Waals surface area contributed by atoms with E-state index in [-0.39, 0.29) is 11.6 Å². The van der Waals surface area contributed by atoms with Gasteiger partial charge in [-0.05, 0) is 20.0 Å². The molecule has 0 fully saturated rings. The number of aromatic amines is 1. The Bertz CT molecular complexity index is 795. The van der Waals surface area contributed by atoms with Crippen molar-refractivity contribution in [3.8, 4) is 0 Å². The highest BCUT2D eigenvalue weighted by molar-refractivity contribution is 5.26. The Hall–Kier alpha value is -2.61. The number of hydrogen-bond donors (Lipinski definition) is 1. The zero-order valence-electron chi connectivity index (χ0n) is 11.8. The number of nitrogens with zero attached hydrogens (tertiary/aromatic N) is 6. The minimum Gasteiger partial charge on any atom is -0.292 e. The van der Waals surface area contributed by atoms with Gasteiger partial charge in [0.15, 0.2) is 0 Å². The van der Waals surface area contributed by atoms with E-state index in [4.69, 9.17) is 0 Å². The van der Waals surface area contributed by atoms with Gasteiger partial charge in [0, 0.05) is 24.8 Å². The van der Waals surface area contributed by atoms with Crippen molar-refractivity contribution in [3.05, 3.63) is 52.7 Å². The maximum Gasteiger partial charge on any atom is 0.274 e. The van der Waals surface area contributed by atoms with Gasteiger partial charge in [-0.25, -0.2) is 19.9 Å². The summed E-state index contributed by atoms with van der Waals surface area (Å²) in [5.74, 6) is 0.376. The zero-order chi connectivity index (χ0) is 14.8. The predicted octanol–water partition coefficient (Wildman–Crippen LogP) is 0.401. The number of H-pyrrole nitrogens is 1. The second kappa shape index (κ2) is 5.41. The first-order valence-corrected chi connectivity index (χ1v) is 6.53. The summed E-state index contributed by atoms with van der Waals surface area (Å²) >= 11 is 0. The van der Waals surface area contributed by atoms with E-state index in [0.29, 0.717) is 18.0 Å². The highest BCUT2D eigenvalue weighted by atomic mass is 16.1. The number of rotatable bonds is 4. The van der Waals surface area contributed by atoms with Gasteiger partial charge in [-0.3, -0.25) is 14.8 Å². The number of nitrogens with one attached hydrogen (secondary N) is 1. The van der Waals surface area contributed by atoms with Crippen LogP contribution in [0.25, 0.3) is 5.78 Å². The van der Waals surface area contributed by atoms with Crippen molar-refractivity contribution in [1.82, 2.24) is 34.4 Å². The first kappa shape index (κ1) is 13.4. The van der Waals surface area contributed by atoms with Crippen LogP contribution in [0.15, 0.2) is 35.8 Å². The van der Waals surface area contributed by atoms with Crippen LogP contribution >= 0.6 is 0 Å². The average molecular weight is 285 g/mol. The maximum absolute atomic E-state index is 11.9. The van der Waals surface area contributed by atoms with Gasteiger partial charge in [0.05, 0.1) is 11.4 Å². The maximum atomic E-state index is 11.9. The molecule has 21 heavy (non-hydrogen) atoms. The summed E-state index contributed by atoms with van der Waals surface area (Å²) in [6.07, 6.45) is 4.69. The molecule has 108 valence electrons. The van der Waals surface area contributed by atoms with E-state index in [2.05, 4.69) is 29.9 Å². The lowest BCUT2D eigenvalue weighted by molar-refractivity contribution is 0.245. The summed E-state index contributed by atoms with van der Waals surface area (Å²) in [5, 5.41) is 2.72. The molecular formula is C13H15N7O. The Kier molecular flexibility index (Phi) is 3.44.